The van der Waals surface area contributed by atoms with Crippen LogP contribution in [0.25, 0.3) is 11.8 Å². The molecule has 0 bridgehead atoms. The molecule has 1 aromatic carbocycles. The van der Waals surface area contributed by atoms with Crippen molar-refractivity contribution in [3.63, 3.8) is 0 Å². The van der Waals surface area contributed by atoms with Crippen LogP contribution in [-0.4, -0.2) is 45.1 Å². The van der Waals surface area contributed by atoms with Gasteiger partial charge in [-0.3, -0.25) is 9.59 Å². The van der Waals surface area contributed by atoms with Gasteiger partial charge in [0.15, 0.2) is 0 Å². The number of rotatable bonds is 7. The average Bonchev–Trinajstić information content (AvgIpc) is 3.23. The summed E-state index contributed by atoms with van der Waals surface area (Å²) in [5, 5.41) is 7.39. The minimum Gasteiger partial charge on any atom is -0.341 e. The maximum absolute atomic E-state index is 13.1. The second-order valence-electron chi connectivity index (χ2n) is 7.50. The molecule has 1 aromatic heterocycles. The standard InChI is InChI=1S/C23H30N4O2/c1-3-26(4-2)22(29)23(15-9-6-10-16-23)25-21(28)14-13-19-17-24-27(18-19)20-11-7-5-8-12-20/h5,7-8,11-14,17-18H,3-4,6,9-10,15-16H2,1-2H3,(H,25,28)/b14-13+. The van der Waals surface area contributed by atoms with Gasteiger partial charge in [-0.2, -0.15) is 5.10 Å². The van der Waals surface area contributed by atoms with Crippen molar-refractivity contribution in [2.75, 3.05) is 13.1 Å². The van der Waals surface area contributed by atoms with Gasteiger partial charge in [-0.1, -0.05) is 37.5 Å². The Labute approximate surface area is 172 Å². The molecule has 0 radical (unpaired) electrons. The summed E-state index contributed by atoms with van der Waals surface area (Å²) in [6.07, 6.45) is 11.3. The van der Waals surface area contributed by atoms with Gasteiger partial charge in [-0.25, -0.2) is 4.68 Å². The molecule has 2 aromatic rings. The van der Waals surface area contributed by atoms with Gasteiger partial charge < -0.3 is 10.2 Å². The lowest BCUT2D eigenvalue weighted by atomic mass is 9.80. The second kappa shape index (κ2) is 9.54. The quantitative estimate of drug-likeness (QED) is 0.730. The van der Waals surface area contributed by atoms with Crippen molar-refractivity contribution in [2.24, 2.45) is 0 Å². The van der Waals surface area contributed by atoms with Gasteiger partial charge in [0.05, 0.1) is 11.9 Å². The Morgan fingerprint density at radius 2 is 1.83 bits per heavy atom. The lowest BCUT2D eigenvalue weighted by molar-refractivity contribution is -0.142. The highest BCUT2D eigenvalue weighted by atomic mass is 16.2. The van der Waals surface area contributed by atoms with Gasteiger partial charge in [0.2, 0.25) is 11.8 Å². The predicted molar refractivity (Wildman–Crippen MR) is 114 cm³/mol. The van der Waals surface area contributed by atoms with Crippen molar-refractivity contribution in [1.82, 2.24) is 20.0 Å². The SMILES string of the molecule is CCN(CC)C(=O)C1(NC(=O)/C=C/c2cnn(-c3ccccc3)c2)CCCCC1. The molecule has 3 rings (SSSR count). The van der Waals surface area contributed by atoms with Crippen LogP contribution in [0.5, 0.6) is 0 Å². The molecule has 0 aliphatic heterocycles. The molecular formula is C23H30N4O2. The second-order valence-corrected chi connectivity index (χ2v) is 7.50. The molecule has 6 nitrogen and oxygen atoms in total. The fourth-order valence-electron chi connectivity index (χ4n) is 3.96. The monoisotopic (exact) mass is 394 g/mol. The number of carbonyl (C=O) groups excluding carboxylic acids is 2. The molecule has 1 aliphatic rings. The number of likely N-dealkylation sites (N-methyl/N-ethyl adjacent to an activating group) is 1. The summed E-state index contributed by atoms with van der Waals surface area (Å²) in [7, 11) is 0. The summed E-state index contributed by atoms with van der Waals surface area (Å²) < 4.78 is 1.77. The van der Waals surface area contributed by atoms with Gasteiger partial charge in [0.25, 0.3) is 0 Å². The summed E-state index contributed by atoms with van der Waals surface area (Å²) in [6.45, 7) is 5.26. The van der Waals surface area contributed by atoms with Crippen LogP contribution in [0.15, 0.2) is 48.8 Å². The third-order valence-corrected chi connectivity index (χ3v) is 5.58. The molecule has 1 saturated carbocycles. The van der Waals surface area contributed by atoms with Crippen molar-refractivity contribution >= 4 is 17.9 Å². The maximum atomic E-state index is 13.1. The van der Waals surface area contributed by atoms with E-state index in [4.69, 9.17) is 0 Å². The minimum atomic E-state index is -0.778. The zero-order valence-corrected chi connectivity index (χ0v) is 17.3. The summed E-state index contributed by atoms with van der Waals surface area (Å²) >= 11 is 0. The van der Waals surface area contributed by atoms with E-state index < -0.39 is 5.54 Å². The zero-order chi connectivity index (χ0) is 20.7. The highest BCUT2D eigenvalue weighted by molar-refractivity contribution is 5.97. The molecule has 6 heteroatoms. The van der Waals surface area contributed by atoms with E-state index in [2.05, 4.69) is 10.4 Å². The Balaban J connectivity index is 1.70. The molecule has 0 saturated heterocycles. The minimum absolute atomic E-state index is 0.0425. The molecule has 1 N–H and O–H groups in total. The number of aromatic nitrogens is 2. The molecule has 154 valence electrons. The predicted octanol–water partition coefficient (Wildman–Crippen LogP) is 3.57. The van der Waals surface area contributed by atoms with Crippen molar-refractivity contribution < 1.29 is 9.59 Å². The van der Waals surface area contributed by atoms with Crippen molar-refractivity contribution in [2.45, 2.75) is 51.5 Å². The van der Waals surface area contributed by atoms with Gasteiger partial charge in [-0.15, -0.1) is 0 Å². The number of amides is 2. The van der Waals surface area contributed by atoms with E-state index in [1.165, 1.54) is 6.08 Å². The Morgan fingerprint density at radius 1 is 1.14 bits per heavy atom. The van der Waals surface area contributed by atoms with E-state index in [-0.39, 0.29) is 11.8 Å². The van der Waals surface area contributed by atoms with Crippen molar-refractivity contribution in [3.8, 4) is 5.69 Å². The zero-order valence-electron chi connectivity index (χ0n) is 17.3. The Bertz CT molecular complexity index is 847. The molecule has 2 amide bonds. The van der Waals surface area contributed by atoms with Gasteiger partial charge in [0.1, 0.15) is 5.54 Å². The lowest BCUT2D eigenvalue weighted by Gasteiger charge is -2.39. The van der Waals surface area contributed by atoms with Crippen molar-refractivity contribution in [1.29, 1.82) is 0 Å². The number of hydrogen-bond acceptors (Lipinski definition) is 3. The first-order valence-electron chi connectivity index (χ1n) is 10.5. The van der Waals surface area contributed by atoms with Crippen LogP contribution in [0.1, 0.15) is 51.5 Å². The Kier molecular flexibility index (Phi) is 6.86. The lowest BCUT2D eigenvalue weighted by Crippen LogP contribution is -2.60. The van der Waals surface area contributed by atoms with E-state index in [9.17, 15) is 9.59 Å². The number of carbonyl (C=O) groups is 2. The molecule has 1 heterocycles. The summed E-state index contributed by atoms with van der Waals surface area (Å²) in [4.78, 5) is 27.6. The summed E-state index contributed by atoms with van der Waals surface area (Å²) in [5.74, 6) is -0.194. The third-order valence-electron chi connectivity index (χ3n) is 5.58. The van der Waals surface area contributed by atoms with Gasteiger partial charge in [0, 0.05) is 30.9 Å². The fourth-order valence-corrected chi connectivity index (χ4v) is 3.96. The molecule has 29 heavy (non-hydrogen) atoms. The first kappa shape index (κ1) is 20.8. The van der Waals surface area contributed by atoms with Gasteiger partial charge in [-0.05, 0) is 44.9 Å². The van der Waals surface area contributed by atoms with E-state index in [0.717, 1.165) is 30.5 Å². The van der Waals surface area contributed by atoms with E-state index in [1.54, 1.807) is 17.0 Å². The maximum Gasteiger partial charge on any atom is 0.248 e. The first-order chi connectivity index (χ1) is 14.1. The molecular weight excluding hydrogens is 364 g/mol. The van der Waals surface area contributed by atoms with E-state index in [0.29, 0.717) is 25.9 Å². The fraction of sp³-hybridized carbons (Fsp3) is 0.435. The van der Waals surface area contributed by atoms with E-state index >= 15 is 0 Å². The number of nitrogens with zero attached hydrogens (tertiary/aromatic N) is 3. The topological polar surface area (TPSA) is 67.2 Å². The van der Waals surface area contributed by atoms with Crippen LogP contribution in [0.2, 0.25) is 0 Å². The smallest absolute Gasteiger partial charge is 0.248 e. The molecule has 0 unspecified atom stereocenters. The molecule has 1 fully saturated rings. The number of para-hydroxylation sites is 1. The largest absolute Gasteiger partial charge is 0.341 e. The summed E-state index contributed by atoms with van der Waals surface area (Å²) in [5.41, 5.74) is 1.01. The van der Waals surface area contributed by atoms with Crippen LogP contribution in [0.3, 0.4) is 0 Å². The Hall–Kier alpha value is -2.89. The van der Waals surface area contributed by atoms with Gasteiger partial charge >= 0.3 is 0 Å². The number of hydrogen-bond donors (Lipinski definition) is 1. The summed E-state index contributed by atoms with van der Waals surface area (Å²) in [6, 6.07) is 9.81. The molecule has 0 atom stereocenters. The van der Waals surface area contributed by atoms with Crippen LogP contribution in [0.4, 0.5) is 0 Å². The highest BCUT2D eigenvalue weighted by Crippen LogP contribution is 2.30. The van der Waals surface area contributed by atoms with Crippen LogP contribution in [0, 0.1) is 0 Å². The van der Waals surface area contributed by atoms with Crippen LogP contribution >= 0.6 is 0 Å². The third kappa shape index (κ3) is 4.94. The number of benzene rings is 1. The average molecular weight is 395 g/mol. The van der Waals surface area contributed by atoms with Crippen molar-refractivity contribution in [3.05, 3.63) is 54.4 Å². The number of nitrogens with one attached hydrogen (secondary N) is 1. The normalized spacial score (nSPS) is 15.9. The van der Waals surface area contributed by atoms with E-state index in [1.807, 2.05) is 55.3 Å². The Morgan fingerprint density at radius 3 is 2.48 bits per heavy atom. The van der Waals surface area contributed by atoms with Crippen LogP contribution in [-0.2, 0) is 9.59 Å². The molecule has 1 aliphatic carbocycles. The highest BCUT2D eigenvalue weighted by Gasteiger charge is 2.42. The van der Waals surface area contributed by atoms with Crippen LogP contribution < -0.4 is 5.32 Å². The first-order valence-corrected chi connectivity index (χ1v) is 10.5. The molecule has 0 spiro atoms.